The Balaban J connectivity index is 1.82. The van der Waals surface area contributed by atoms with E-state index in [1.54, 1.807) is 0 Å². The molecule has 1 N–H and O–H groups in total. The van der Waals surface area contributed by atoms with Gasteiger partial charge >= 0.3 is 0 Å². The molecule has 0 aromatic carbocycles. The average Bonchev–Trinajstić information content (AvgIpc) is 3.02. The second-order valence-corrected chi connectivity index (χ2v) is 7.03. The molecule has 2 atom stereocenters. The molecule has 3 nitrogen and oxygen atoms in total. The highest BCUT2D eigenvalue weighted by Gasteiger charge is 2.32. The van der Waals surface area contributed by atoms with Crippen molar-refractivity contribution in [1.29, 1.82) is 0 Å². The van der Waals surface area contributed by atoms with Crippen molar-refractivity contribution in [3.05, 3.63) is 10.6 Å². The first kappa shape index (κ1) is 12.4. The van der Waals surface area contributed by atoms with Gasteiger partial charge in [-0.1, -0.05) is 13.8 Å². The van der Waals surface area contributed by atoms with Gasteiger partial charge in [-0.15, -0.1) is 11.3 Å². The second-order valence-electron chi connectivity index (χ2n) is 5.97. The van der Waals surface area contributed by atoms with E-state index in [0.29, 0.717) is 0 Å². The molecule has 2 aliphatic rings. The van der Waals surface area contributed by atoms with Crippen LogP contribution < -0.4 is 10.2 Å². The van der Waals surface area contributed by atoms with E-state index in [9.17, 15) is 0 Å². The molecular formula is C14H23N3S. The molecule has 0 amide bonds. The first-order chi connectivity index (χ1) is 8.69. The summed E-state index contributed by atoms with van der Waals surface area (Å²) in [5.74, 6) is 2.35. The molecule has 1 saturated carbocycles. The highest BCUT2D eigenvalue weighted by Crippen LogP contribution is 2.44. The van der Waals surface area contributed by atoms with E-state index in [1.165, 1.54) is 41.6 Å². The number of hydrogen-bond donors (Lipinski definition) is 1. The van der Waals surface area contributed by atoms with Crippen LogP contribution in [0.25, 0.3) is 0 Å². The zero-order valence-corrected chi connectivity index (χ0v) is 12.4. The van der Waals surface area contributed by atoms with E-state index in [-0.39, 0.29) is 0 Å². The van der Waals surface area contributed by atoms with E-state index in [4.69, 9.17) is 4.98 Å². The molecule has 0 radical (unpaired) electrons. The van der Waals surface area contributed by atoms with Gasteiger partial charge in [0.2, 0.25) is 0 Å². The normalized spacial score (nSPS) is 28.1. The van der Waals surface area contributed by atoms with Crippen LogP contribution in [0.2, 0.25) is 0 Å². The molecule has 0 spiro atoms. The van der Waals surface area contributed by atoms with Crippen LogP contribution in [0.1, 0.15) is 43.2 Å². The summed E-state index contributed by atoms with van der Waals surface area (Å²) in [5.41, 5.74) is 1.39. The Morgan fingerprint density at radius 2 is 1.94 bits per heavy atom. The summed E-state index contributed by atoms with van der Waals surface area (Å²) in [4.78, 5) is 8.90. The van der Waals surface area contributed by atoms with Crippen LogP contribution in [-0.4, -0.2) is 25.1 Å². The van der Waals surface area contributed by atoms with Crippen molar-refractivity contribution >= 4 is 16.5 Å². The lowest BCUT2D eigenvalue weighted by molar-refractivity contribution is 0.494. The van der Waals surface area contributed by atoms with Crippen LogP contribution in [0.4, 0.5) is 5.13 Å². The maximum atomic E-state index is 4.95. The molecular weight excluding hydrogens is 242 g/mol. The Labute approximate surface area is 114 Å². The van der Waals surface area contributed by atoms with Crippen LogP contribution in [0.5, 0.6) is 0 Å². The summed E-state index contributed by atoms with van der Waals surface area (Å²) in [7, 11) is 2.02. The zero-order chi connectivity index (χ0) is 12.7. The average molecular weight is 265 g/mol. The van der Waals surface area contributed by atoms with E-state index < -0.39 is 0 Å². The Kier molecular flexibility index (Phi) is 3.32. The summed E-state index contributed by atoms with van der Waals surface area (Å²) >= 11 is 1.91. The van der Waals surface area contributed by atoms with Gasteiger partial charge in [0.15, 0.2) is 5.13 Å². The number of thiazole rings is 1. The maximum absolute atomic E-state index is 4.95. The Bertz CT molecular complexity index is 415. The molecule has 2 heterocycles. The van der Waals surface area contributed by atoms with Gasteiger partial charge in [-0.25, -0.2) is 4.98 Å². The highest BCUT2D eigenvalue weighted by atomic mass is 32.1. The summed E-state index contributed by atoms with van der Waals surface area (Å²) in [6.07, 6.45) is 2.68. The topological polar surface area (TPSA) is 28.2 Å². The Morgan fingerprint density at radius 1 is 1.28 bits per heavy atom. The van der Waals surface area contributed by atoms with Crippen LogP contribution >= 0.6 is 11.3 Å². The molecule has 18 heavy (non-hydrogen) atoms. The van der Waals surface area contributed by atoms with Crippen molar-refractivity contribution in [2.75, 3.05) is 25.0 Å². The minimum atomic E-state index is 0.760. The van der Waals surface area contributed by atoms with Crippen molar-refractivity contribution in [1.82, 2.24) is 10.3 Å². The second kappa shape index (κ2) is 4.82. The lowest BCUT2D eigenvalue weighted by Gasteiger charge is -2.13. The van der Waals surface area contributed by atoms with Crippen molar-refractivity contribution in [3.8, 4) is 0 Å². The standard InChI is InChI=1S/C14H23N3S/c1-9-7-17(8-10(9)2)14-16-13(11-4-5-11)12(18-14)6-15-3/h9-11,15H,4-8H2,1-3H3. The molecule has 4 heteroatoms. The predicted octanol–water partition coefficient (Wildman–Crippen LogP) is 2.83. The molecule has 1 aliphatic heterocycles. The molecule has 3 rings (SSSR count). The van der Waals surface area contributed by atoms with Gasteiger partial charge in [-0.3, -0.25) is 0 Å². The van der Waals surface area contributed by atoms with Gasteiger partial charge in [0.05, 0.1) is 5.69 Å². The quantitative estimate of drug-likeness (QED) is 0.907. The zero-order valence-electron chi connectivity index (χ0n) is 11.6. The molecule has 2 unspecified atom stereocenters. The Hall–Kier alpha value is -0.610. The number of nitrogens with zero attached hydrogens (tertiary/aromatic N) is 2. The number of hydrogen-bond acceptors (Lipinski definition) is 4. The SMILES string of the molecule is CNCc1sc(N2CC(C)C(C)C2)nc1C1CC1. The number of aromatic nitrogens is 1. The van der Waals surface area contributed by atoms with Gasteiger partial charge < -0.3 is 10.2 Å². The summed E-state index contributed by atoms with van der Waals surface area (Å²) in [6, 6.07) is 0. The van der Waals surface area contributed by atoms with Gasteiger partial charge in [0, 0.05) is 30.4 Å². The lowest BCUT2D eigenvalue weighted by atomic mass is 10.0. The summed E-state index contributed by atoms with van der Waals surface area (Å²) in [6.45, 7) is 8.04. The molecule has 1 aromatic heterocycles. The minimum absolute atomic E-state index is 0.760. The van der Waals surface area contributed by atoms with Crippen molar-refractivity contribution in [2.24, 2.45) is 11.8 Å². The molecule has 1 aromatic rings. The largest absolute Gasteiger partial charge is 0.348 e. The van der Waals surface area contributed by atoms with Crippen LogP contribution in [0.15, 0.2) is 0 Å². The van der Waals surface area contributed by atoms with Crippen LogP contribution in [-0.2, 0) is 6.54 Å². The fourth-order valence-corrected chi connectivity index (χ4v) is 3.91. The molecule has 0 bridgehead atoms. The highest BCUT2D eigenvalue weighted by molar-refractivity contribution is 7.15. The predicted molar refractivity (Wildman–Crippen MR) is 77.4 cm³/mol. The van der Waals surface area contributed by atoms with Gasteiger partial charge in [-0.2, -0.15) is 0 Å². The summed E-state index contributed by atoms with van der Waals surface area (Å²) in [5, 5.41) is 4.54. The minimum Gasteiger partial charge on any atom is -0.348 e. The molecule has 2 fully saturated rings. The third-order valence-corrected chi connectivity index (χ3v) is 5.41. The molecule has 1 aliphatic carbocycles. The fourth-order valence-electron chi connectivity index (χ4n) is 2.73. The third kappa shape index (κ3) is 2.28. The molecule has 100 valence electrons. The van der Waals surface area contributed by atoms with Crippen molar-refractivity contribution in [2.45, 2.75) is 39.2 Å². The lowest BCUT2D eigenvalue weighted by Crippen LogP contribution is -2.19. The van der Waals surface area contributed by atoms with Crippen LogP contribution in [0.3, 0.4) is 0 Å². The van der Waals surface area contributed by atoms with E-state index in [2.05, 4.69) is 24.1 Å². The Morgan fingerprint density at radius 3 is 2.50 bits per heavy atom. The van der Waals surface area contributed by atoms with Gasteiger partial charge in [0.25, 0.3) is 0 Å². The third-order valence-electron chi connectivity index (χ3n) is 4.28. The first-order valence-electron chi connectivity index (χ1n) is 7.08. The van der Waals surface area contributed by atoms with E-state index in [1.807, 2.05) is 18.4 Å². The fraction of sp³-hybridized carbons (Fsp3) is 0.786. The summed E-state index contributed by atoms with van der Waals surface area (Å²) < 4.78 is 0. The van der Waals surface area contributed by atoms with E-state index in [0.717, 1.165) is 24.3 Å². The van der Waals surface area contributed by atoms with Crippen molar-refractivity contribution in [3.63, 3.8) is 0 Å². The maximum Gasteiger partial charge on any atom is 0.185 e. The van der Waals surface area contributed by atoms with Crippen molar-refractivity contribution < 1.29 is 0 Å². The smallest absolute Gasteiger partial charge is 0.185 e. The monoisotopic (exact) mass is 265 g/mol. The van der Waals surface area contributed by atoms with Gasteiger partial charge in [-0.05, 0) is 31.7 Å². The van der Waals surface area contributed by atoms with E-state index >= 15 is 0 Å². The number of rotatable bonds is 4. The number of anilines is 1. The molecule has 1 saturated heterocycles. The number of nitrogens with one attached hydrogen (secondary N) is 1. The van der Waals surface area contributed by atoms with Gasteiger partial charge in [0.1, 0.15) is 0 Å². The van der Waals surface area contributed by atoms with Crippen LogP contribution in [0, 0.1) is 11.8 Å². The first-order valence-corrected chi connectivity index (χ1v) is 7.89.